The van der Waals surface area contributed by atoms with Crippen LogP contribution >= 0.6 is 0 Å². The number of fused-ring (bicyclic) bond motifs is 7. The Balaban J connectivity index is 1.48. The Morgan fingerprint density at radius 1 is 0.475 bits per heavy atom. The van der Waals surface area contributed by atoms with E-state index in [2.05, 4.69) is 110 Å². The van der Waals surface area contributed by atoms with Crippen LogP contribution in [-0.4, -0.2) is 19.1 Å². The van der Waals surface area contributed by atoms with Crippen LogP contribution in [0.2, 0.25) is 0 Å². The highest BCUT2D eigenvalue weighted by Crippen LogP contribution is 2.40. The second kappa shape index (κ2) is 8.27. The molecule has 4 heteroatoms. The fourth-order valence-electron chi connectivity index (χ4n) is 6.53. The van der Waals surface area contributed by atoms with Crippen molar-refractivity contribution in [2.45, 2.75) is 27.7 Å². The van der Waals surface area contributed by atoms with Gasteiger partial charge in [0.25, 0.3) is 0 Å². The normalized spacial score (nSPS) is 12.0. The summed E-state index contributed by atoms with van der Waals surface area (Å²) in [5.74, 6) is 0. The van der Waals surface area contributed by atoms with Crippen molar-refractivity contribution < 1.29 is 0 Å². The molecule has 0 aliphatic rings. The van der Waals surface area contributed by atoms with E-state index in [4.69, 9.17) is 9.97 Å². The Bertz CT molecular complexity index is 2150. The van der Waals surface area contributed by atoms with Crippen molar-refractivity contribution in [3.63, 3.8) is 0 Å². The molecule has 4 aromatic carbocycles. The van der Waals surface area contributed by atoms with Gasteiger partial charge in [0, 0.05) is 43.7 Å². The number of hydrogen-bond donors (Lipinski definition) is 0. The quantitative estimate of drug-likeness (QED) is 0.230. The summed E-state index contributed by atoms with van der Waals surface area (Å²) in [4.78, 5) is 9.61. The summed E-state index contributed by atoms with van der Waals surface area (Å²) in [5.41, 5.74) is 11.7. The van der Waals surface area contributed by atoms with Gasteiger partial charge in [-0.25, -0.2) is 0 Å². The Hall–Kier alpha value is -4.96. The molecule has 0 saturated carbocycles. The van der Waals surface area contributed by atoms with Crippen molar-refractivity contribution in [2.24, 2.45) is 0 Å². The van der Waals surface area contributed by atoms with E-state index in [0.29, 0.717) is 0 Å². The fourth-order valence-corrected chi connectivity index (χ4v) is 6.53. The van der Waals surface area contributed by atoms with E-state index in [0.717, 1.165) is 33.2 Å². The second-order valence-corrected chi connectivity index (χ2v) is 10.9. The highest BCUT2D eigenvalue weighted by atomic mass is 15.0. The zero-order chi connectivity index (χ0) is 27.1. The van der Waals surface area contributed by atoms with Gasteiger partial charge in [0.2, 0.25) is 0 Å². The van der Waals surface area contributed by atoms with E-state index >= 15 is 0 Å². The first-order valence-electron chi connectivity index (χ1n) is 13.8. The minimum atomic E-state index is 1.01. The number of benzene rings is 4. The first-order chi connectivity index (χ1) is 19.5. The summed E-state index contributed by atoms with van der Waals surface area (Å²) in [6, 6.07) is 30.3. The molecule has 0 atom stereocenters. The first kappa shape index (κ1) is 23.0. The van der Waals surface area contributed by atoms with Crippen LogP contribution in [0.1, 0.15) is 22.5 Å². The molecule has 0 saturated heterocycles. The number of nitrogens with zero attached hydrogens (tertiary/aromatic N) is 4. The van der Waals surface area contributed by atoms with Gasteiger partial charge in [0.15, 0.2) is 0 Å². The maximum Gasteiger partial charge on any atom is 0.0703 e. The van der Waals surface area contributed by atoms with Gasteiger partial charge in [0.05, 0.1) is 45.8 Å². The largest absolute Gasteiger partial charge is 0.311 e. The monoisotopic (exact) mass is 516 g/mol. The topological polar surface area (TPSA) is 35.6 Å². The molecule has 0 aliphatic heterocycles. The van der Waals surface area contributed by atoms with E-state index in [-0.39, 0.29) is 0 Å². The highest BCUT2D eigenvalue weighted by Gasteiger charge is 2.20. The SMILES string of the molecule is Cc1c(C)n(-c2cnc3ccccc3c2)c2c1ccc1c2ccc2c(C)c(C)n(-c3cnc4ccccc4c3)c21. The summed E-state index contributed by atoms with van der Waals surface area (Å²) in [7, 11) is 0. The van der Waals surface area contributed by atoms with E-state index < -0.39 is 0 Å². The van der Waals surface area contributed by atoms with Crippen molar-refractivity contribution in [3.05, 3.63) is 120 Å². The third-order valence-corrected chi connectivity index (χ3v) is 8.82. The predicted octanol–water partition coefficient (Wildman–Crippen LogP) is 9.06. The van der Waals surface area contributed by atoms with Gasteiger partial charge in [-0.15, -0.1) is 0 Å². The minimum Gasteiger partial charge on any atom is -0.311 e. The highest BCUT2D eigenvalue weighted by molar-refractivity contribution is 6.18. The molecule has 0 unspecified atom stereocenters. The lowest BCUT2D eigenvalue weighted by Gasteiger charge is -2.14. The van der Waals surface area contributed by atoms with Crippen LogP contribution in [0.15, 0.2) is 97.3 Å². The predicted molar refractivity (Wildman–Crippen MR) is 167 cm³/mol. The molecule has 0 bridgehead atoms. The van der Waals surface area contributed by atoms with E-state index in [1.807, 2.05) is 24.5 Å². The summed E-state index contributed by atoms with van der Waals surface area (Å²) in [6.07, 6.45) is 4.01. The Kier molecular flexibility index (Phi) is 4.75. The molecule has 4 aromatic heterocycles. The summed E-state index contributed by atoms with van der Waals surface area (Å²) in [5, 5.41) is 7.31. The molecule has 0 N–H and O–H groups in total. The van der Waals surface area contributed by atoms with Crippen LogP contribution in [0.25, 0.3) is 65.8 Å². The lowest BCUT2D eigenvalue weighted by molar-refractivity contribution is 1.03. The number of aryl methyl sites for hydroxylation is 2. The molecule has 0 amide bonds. The number of para-hydroxylation sites is 2. The number of hydrogen-bond acceptors (Lipinski definition) is 2. The van der Waals surface area contributed by atoms with Crippen molar-refractivity contribution in [1.82, 2.24) is 19.1 Å². The summed E-state index contributed by atoms with van der Waals surface area (Å²) >= 11 is 0. The molecule has 4 nitrogen and oxygen atoms in total. The van der Waals surface area contributed by atoms with Gasteiger partial charge < -0.3 is 9.13 Å². The maximum atomic E-state index is 4.81. The average Bonchev–Trinajstić information content (AvgIpc) is 3.41. The Morgan fingerprint density at radius 2 is 0.875 bits per heavy atom. The third-order valence-electron chi connectivity index (χ3n) is 8.82. The van der Waals surface area contributed by atoms with Crippen molar-refractivity contribution in [2.75, 3.05) is 0 Å². The van der Waals surface area contributed by atoms with Crippen LogP contribution in [-0.2, 0) is 0 Å². The zero-order valence-electron chi connectivity index (χ0n) is 23.0. The summed E-state index contributed by atoms with van der Waals surface area (Å²) < 4.78 is 4.78. The fraction of sp³-hybridized carbons (Fsp3) is 0.111. The number of rotatable bonds is 2. The van der Waals surface area contributed by atoms with Gasteiger partial charge in [-0.1, -0.05) is 60.7 Å². The van der Waals surface area contributed by atoms with Crippen molar-refractivity contribution in [3.8, 4) is 11.4 Å². The van der Waals surface area contributed by atoms with Crippen LogP contribution in [0, 0.1) is 27.7 Å². The Labute approximate surface area is 232 Å². The zero-order valence-corrected chi connectivity index (χ0v) is 23.0. The molecule has 0 radical (unpaired) electrons. The molecular formula is C36H28N4. The first-order valence-corrected chi connectivity index (χ1v) is 13.8. The average molecular weight is 517 g/mol. The molecule has 0 fully saturated rings. The smallest absolute Gasteiger partial charge is 0.0703 e. The second-order valence-electron chi connectivity index (χ2n) is 10.9. The Morgan fingerprint density at radius 3 is 1.32 bits per heavy atom. The molecule has 0 spiro atoms. The van der Waals surface area contributed by atoms with Gasteiger partial charge in [0.1, 0.15) is 0 Å². The third kappa shape index (κ3) is 3.07. The van der Waals surface area contributed by atoms with Crippen LogP contribution in [0.3, 0.4) is 0 Å². The van der Waals surface area contributed by atoms with E-state index in [1.165, 1.54) is 55.1 Å². The molecular weight excluding hydrogens is 488 g/mol. The van der Waals surface area contributed by atoms with Gasteiger partial charge in [-0.05, 0) is 63.1 Å². The van der Waals surface area contributed by atoms with Gasteiger partial charge >= 0.3 is 0 Å². The summed E-state index contributed by atoms with van der Waals surface area (Å²) in [6.45, 7) is 8.88. The molecule has 192 valence electrons. The van der Waals surface area contributed by atoms with Gasteiger partial charge in [-0.3, -0.25) is 9.97 Å². The molecule has 40 heavy (non-hydrogen) atoms. The van der Waals surface area contributed by atoms with Crippen molar-refractivity contribution >= 4 is 54.4 Å². The molecule has 8 rings (SSSR count). The molecule has 8 aromatic rings. The number of pyridine rings is 2. The van der Waals surface area contributed by atoms with Crippen molar-refractivity contribution in [1.29, 1.82) is 0 Å². The van der Waals surface area contributed by atoms with Crippen LogP contribution in [0.4, 0.5) is 0 Å². The lowest BCUT2D eigenvalue weighted by atomic mass is 10.0. The minimum absolute atomic E-state index is 1.01. The number of aromatic nitrogens is 4. The van der Waals surface area contributed by atoms with Gasteiger partial charge in [-0.2, -0.15) is 0 Å². The van der Waals surface area contributed by atoms with Crippen LogP contribution in [0.5, 0.6) is 0 Å². The lowest BCUT2D eigenvalue weighted by Crippen LogP contribution is -2.00. The molecule has 0 aliphatic carbocycles. The van der Waals surface area contributed by atoms with E-state index in [1.54, 1.807) is 0 Å². The van der Waals surface area contributed by atoms with E-state index in [9.17, 15) is 0 Å². The standard InChI is InChI=1S/C36H28N4/c1-21-23(3)39(27-17-25-9-5-7-11-33(25)37-19-27)35-29(21)13-15-32-31(35)16-14-30-22(2)24(4)40(36(30)32)28-18-26-10-6-8-12-34(26)38-20-28/h5-20H,1-4H3. The molecule has 4 heterocycles. The maximum absolute atomic E-state index is 4.81. The van der Waals surface area contributed by atoms with Crippen LogP contribution < -0.4 is 0 Å².